The molecule has 0 atom stereocenters. The minimum absolute atomic E-state index is 0.108. The van der Waals surface area contributed by atoms with Gasteiger partial charge in [0, 0.05) is 18.2 Å². The van der Waals surface area contributed by atoms with Crippen molar-refractivity contribution in [3.8, 4) is 11.6 Å². The van der Waals surface area contributed by atoms with Gasteiger partial charge in [-0.2, -0.15) is 13.2 Å². The molecule has 5 N–H and O–H groups in total. The molecule has 1 aromatic heterocycles. The number of aromatic nitrogens is 1. The zero-order valence-electron chi connectivity index (χ0n) is 15.0. The van der Waals surface area contributed by atoms with E-state index in [4.69, 9.17) is 16.2 Å². The molecule has 0 spiro atoms. The summed E-state index contributed by atoms with van der Waals surface area (Å²) in [5, 5.41) is 2.66. The third-order valence-corrected chi connectivity index (χ3v) is 3.92. The summed E-state index contributed by atoms with van der Waals surface area (Å²) in [4.78, 5) is 15.9. The largest absolute Gasteiger partial charge is 0.439 e. The van der Waals surface area contributed by atoms with Crippen molar-refractivity contribution < 1.29 is 22.7 Å². The van der Waals surface area contributed by atoms with Crippen molar-refractivity contribution in [1.82, 2.24) is 4.98 Å². The van der Waals surface area contributed by atoms with E-state index in [9.17, 15) is 18.0 Å². The Morgan fingerprint density at radius 1 is 1.07 bits per heavy atom. The molecule has 0 bridgehead atoms. The monoisotopic (exact) mass is 402 g/mol. The number of halogens is 3. The van der Waals surface area contributed by atoms with Crippen LogP contribution < -0.4 is 21.5 Å². The quantitative estimate of drug-likeness (QED) is 0.556. The van der Waals surface area contributed by atoms with Crippen molar-refractivity contribution in [2.45, 2.75) is 12.7 Å². The number of rotatable bonds is 5. The Morgan fingerprint density at radius 2 is 1.83 bits per heavy atom. The Kier molecular flexibility index (Phi) is 5.69. The zero-order valence-corrected chi connectivity index (χ0v) is 15.0. The average Bonchev–Trinajstić information content (AvgIpc) is 2.69. The number of para-hydroxylation sites is 2. The first-order valence-electron chi connectivity index (χ1n) is 8.48. The standard InChI is InChI=1S/C20H17F3N4O2/c21-20(22,23)17-8-12(11-24)9-18(27-17)29-14-5-3-4-13(10-14)19(28)26-16-7-2-1-6-15(16)25/h1-10H,11,24-25H2,(H,26,28). The van der Waals surface area contributed by atoms with Gasteiger partial charge in [-0.15, -0.1) is 0 Å². The highest BCUT2D eigenvalue weighted by atomic mass is 19.4. The van der Waals surface area contributed by atoms with Gasteiger partial charge in [0.2, 0.25) is 5.88 Å². The summed E-state index contributed by atoms with van der Waals surface area (Å²) >= 11 is 0. The molecule has 29 heavy (non-hydrogen) atoms. The first-order chi connectivity index (χ1) is 13.8. The third-order valence-electron chi connectivity index (χ3n) is 3.92. The van der Waals surface area contributed by atoms with Gasteiger partial charge in [-0.3, -0.25) is 4.79 Å². The van der Waals surface area contributed by atoms with E-state index >= 15 is 0 Å². The van der Waals surface area contributed by atoms with E-state index in [0.29, 0.717) is 11.4 Å². The molecule has 0 aliphatic heterocycles. The summed E-state index contributed by atoms with van der Waals surface area (Å²) < 4.78 is 44.5. The van der Waals surface area contributed by atoms with Crippen LogP contribution in [-0.2, 0) is 12.7 Å². The highest BCUT2D eigenvalue weighted by Gasteiger charge is 2.33. The molecule has 0 saturated heterocycles. The summed E-state index contributed by atoms with van der Waals surface area (Å²) in [6.45, 7) is -0.108. The Hall–Kier alpha value is -3.59. The summed E-state index contributed by atoms with van der Waals surface area (Å²) in [7, 11) is 0. The van der Waals surface area contributed by atoms with Gasteiger partial charge in [0.25, 0.3) is 5.91 Å². The number of ether oxygens (including phenoxy) is 1. The van der Waals surface area contributed by atoms with Crippen molar-refractivity contribution in [3.05, 3.63) is 77.5 Å². The lowest BCUT2D eigenvalue weighted by Crippen LogP contribution is -2.13. The molecule has 9 heteroatoms. The van der Waals surface area contributed by atoms with Gasteiger partial charge in [-0.1, -0.05) is 18.2 Å². The molecule has 2 aromatic carbocycles. The van der Waals surface area contributed by atoms with Crippen LogP contribution in [0.5, 0.6) is 11.6 Å². The first-order valence-corrected chi connectivity index (χ1v) is 8.48. The first kappa shape index (κ1) is 20.2. The predicted octanol–water partition coefficient (Wildman–Crippen LogP) is 4.19. The van der Waals surface area contributed by atoms with Crippen LogP contribution in [0.25, 0.3) is 0 Å². The number of carbonyl (C=O) groups is 1. The van der Waals surface area contributed by atoms with E-state index in [2.05, 4.69) is 10.3 Å². The van der Waals surface area contributed by atoms with Crippen LogP contribution in [-0.4, -0.2) is 10.9 Å². The molecule has 0 aliphatic rings. The van der Waals surface area contributed by atoms with Gasteiger partial charge in [0.1, 0.15) is 11.4 Å². The number of nitrogens with two attached hydrogens (primary N) is 2. The van der Waals surface area contributed by atoms with E-state index in [1.54, 1.807) is 24.3 Å². The highest BCUT2D eigenvalue weighted by Crippen LogP contribution is 2.31. The third kappa shape index (κ3) is 5.02. The summed E-state index contributed by atoms with van der Waals surface area (Å²) in [6.07, 6.45) is -4.64. The molecule has 0 unspecified atom stereocenters. The van der Waals surface area contributed by atoms with E-state index < -0.39 is 17.8 Å². The normalized spacial score (nSPS) is 11.2. The van der Waals surface area contributed by atoms with E-state index in [-0.39, 0.29) is 29.3 Å². The van der Waals surface area contributed by atoms with Gasteiger partial charge in [0.15, 0.2) is 0 Å². The Bertz CT molecular complexity index is 1040. The fraction of sp³-hybridized carbons (Fsp3) is 0.100. The fourth-order valence-electron chi connectivity index (χ4n) is 2.50. The number of alkyl halides is 3. The molecule has 0 radical (unpaired) electrons. The molecule has 3 aromatic rings. The SMILES string of the molecule is NCc1cc(Oc2cccc(C(=O)Nc3ccccc3N)c2)nc(C(F)(F)F)c1. The smallest absolute Gasteiger partial charge is 0.433 e. The molecule has 0 aliphatic carbocycles. The Labute approximate surface area is 164 Å². The van der Waals surface area contributed by atoms with Crippen molar-refractivity contribution in [1.29, 1.82) is 0 Å². The maximum Gasteiger partial charge on any atom is 0.433 e. The van der Waals surface area contributed by atoms with Gasteiger partial charge < -0.3 is 21.5 Å². The van der Waals surface area contributed by atoms with Gasteiger partial charge in [0.05, 0.1) is 11.4 Å². The minimum atomic E-state index is -4.64. The van der Waals surface area contributed by atoms with Crippen LogP contribution >= 0.6 is 0 Å². The second-order valence-corrected chi connectivity index (χ2v) is 6.07. The zero-order chi connectivity index (χ0) is 21.0. The van der Waals surface area contributed by atoms with E-state index in [1.165, 1.54) is 30.3 Å². The van der Waals surface area contributed by atoms with Crippen LogP contribution in [0, 0.1) is 0 Å². The second-order valence-electron chi connectivity index (χ2n) is 6.07. The highest BCUT2D eigenvalue weighted by molar-refractivity contribution is 6.05. The lowest BCUT2D eigenvalue weighted by Gasteiger charge is -2.12. The van der Waals surface area contributed by atoms with Gasteiger partial charge in [-0.25, -0.2) is 4.98 Å². The van der Waals surface area contributed by atoms with Crippen LogP contribution in [0.1, 0.15) is 21.6 Å². The molecular formula is C20H17F3N4O2. The van der Waals surface area contributed by atoms with E-state index in [0.717, 1.165) is 6.07 Å². The number of nitrogen functional groups attached to an aromatic ring is 1. The lowest BCUT2D eigenvalue weighted by molar-refractivity contribution is -0.141. The molecule has 1 heterocycles. The van der Waals surface area contributed by atoms with Crippen LogP contribution in [0.3, 0.4) is 0 Å². The number of nitrogens with zero attached hydrogens (tertiary/aromatic N) is 1. The maximum absolute atomic E-state index is 13.0. The van der Waals surface area contributed by atoms with Crippen LogP contribution in [0.4, 0.5) is 24.5 Å². The van der Waals surface area contributed by atoms with Crippen molar-refractivity contribution in [2.24, 2.45) is 5.73 Å². The molecular weight excluding hydrogens is 385 g/mol. The fourth-order valence-corrected chi connectivity index (χ4v) is 2.50. The van der Waals surface area contributed by atoms with Crippen molar-refractivity contribution >= 4 is 17.3 Å². The molecule has 150 valence electrons. The Morgan fingerprint density at radius 3 is 2.52 bits per heavy atom. The van der Waals surface area contributed by atoms with Crippen LogP contribution in [0.15, 0.2) is 60.7 Å². The number of amides is 1. The number of hydrogen-bond donors (Lipinski definition) is 3. The molecule has 0 saturated carbocycles. The minimum Gasteiger partial charge on any atom is -0.439 e. The van der Waals surface area contributed by atoms with Crippen molar-refractivity contribution in [3.63, 3.8) is 0 Å². The number of anilines is 2. The van der Waals surface area contributed by atoms with Crippen LogP contribution in [0.2, 0.25) is 0 Å². The number of hydrogen-bond acceptors (Lipinski definition) is 5. The lowest BCUT2D eigenvalue weighted by atomic mass is 10.2. The molecule has 6 nitrogen and oxygen atoms in total. The molecule has 1 amide bonds. The summed E-state index contributed by atoms with van der Waals surface area (Å²) in [6, 6.07) is 14.9. The predicted molar refractivity (Wildman–Crippen MR) is 102 cm³/mol. The van der Waals surface area contributed by atoms with Crippen molar-refractivity contribution in [2.75, 3.05) is 11.1 Å². The van der Waals surface area contributed by atoms with Gasteiger partial charge in [-0.05, 0) is 42.0 Å². The average molecular weight is 402 g/mol. The molecule has 3 rings (SSSR count). The maximum atomic E-state index is 13.0. The summed E-state index contributed by atoms with van der Waals surface area (Å²) in [5.41, 5.74) is 11.4. The van der Waals surface area contributed by atoms with Gasteiger partial charge >= 0.3 is 6.18 Å². The number of nitrogens with one attached hydrogen (secondary N) is 1. The second kappa shape index (κ2) is 8.19. The number of benzene rings is 2. The number of carbonyl (C=O) groups excluding carboxylic acids is 1. The Balaban J connectivity index is 1.83. The van der Waals surface area contributed by atoms with E-state index in [1.807, 2.05) is 0 Å². The molecule has 0 fully saturated rings. The summed E-state index contributed by atoms with van der Waals surface area (Å²) in [5.74, 6) is -0.577. The topological polar surface area (TPSA) is 103 Å². The number of pyridine rings is 1.